The average Bonchev–Trinajstić information content (AvgIpc) is 2.14. The van der Waals surface area contributed by atoms with E-state index in [9.17, 15) is 13.2 Å². The van der Waals surface area contributed by atoms with Crippen molar-refractivity contribution in [3.8, 4) is 0 Å². The standard InChI is InChI=1S/C9H3ClF3N/c10-7-2-1-4-8(13)5(11)3-6(12)9(4)14-7/h1-3H. The number of benzene rings is 1. The molecule has 0 saturated heterocycles. The van der Waals surface area contributed by atoms with Gasteiger partial charge in [-0.3, -0.25) is 0 Å². The molecule has 5 heteroatoms. The van der Waals surface area contributed by atoms with Gasteiger partial charge in [0.2, 0.25) is 0 Å². The fourth-order valence-corrected chi connectivity index (χ4v) is 1.31. The molecule has 0 unspecified atom stereocenters. The Bertz CT molecular complexity index is 513. The molecule has 1 aromatic carbocycles. The summed E-state index contributed by atoms with van der Waals surface area (Å²) in [5.41, 5.74) is -0.267. The van der Waals surface area contributed by atoms with E-state index in [1.807, 2.05) is 0 Å². The zero-order valence-electron chi connectivity index (χ0n) is 6.69. The van der Waals surface area contributed by atoms with Crippen LogP contribution < -0.4 is 0 Å². The van der Waals surface area contributed by atoms with E-state index in [4.69, 9.17) is 11.6 Å². The summed E-state index contributed by atoms with van der Waals surface area (Å²) in [5.74, 6) is -3.29. The van der Waals surface area contributed by atoms with E-state index in [1.165, 1.54) is 12.1 Å². The third-order valence-corrected chi connectivity index (χ3v) is 2.00. The number of rotatable bonds is 0. The van der Waals surface area contributed by atoms with Crippen LogP contribution in [-0.2, 0) is 0 Å². The molecule has 0 atom stereocenters. The van der Waals surface area contributed by atoms with Gasteiger partial charge in [0, 0.05) is 11.5 Å². The molecule has 0 aliphatic carbocycles. The zero-order valence-corrected chi connectivity index (χ0v) is 7.45. The van der Waals surface area contributed by atoms with Crippen LogP contribution in [0.25, 0.3) is 10.9 Å². The van der Waals surface area contributed by atoms with Crippen LogP contribution in [0.15, 0.2) is 18.2 Å². The normalized spacial score (nSPS) is 10.9. The molecule has 1 nitrogen and oxygen atoms in total. The Balaban J connectivity index is 2.94. The highest BCUT2D eigenvalue weighted by molar-refractivity contribution is 6.29. The Kier molecular flexibility index (Phi) is 2.07. The van der Waals surface area contributed by atoms with Gasteiger partial charge < -0.3 is 0 Å². The molecule has 2 aromatic rings. The maximum Gasteiger partial charge on any atom is 0.168 e. The van der Waals surface area contributed by atoms with Crippen LogP contribution >= 0.6 is 11.6 Å². The molecule has 2 rings (SSSR count). The number of aromatic nitrogens is 1. The monoisotopic (exact) mass is 217 g/mol. The maximum absolute atomic E-state index is 13.1. The predicted molar refractivity (Wildman–Crippen MR) is 46.6 cm³/mol. The summed E-state index contributed by atoms with van der Waals surface area (Å²) in [4.78, 5) is 3.56. The van der Waals surface area contributed by atoms with Crippen molar-refractivity contribution in [2.24, 2.45) is 0 Å². The molecule has 0 radical (unpaired) electrons. The second-order valence-corrected chi connectivity index (χ2v) is 3.07. The minimum atomic E-state index is -1.24. The summed E-state index contributed by atoms with van der Waals surface area (Å²) < 4.78 is 38.9. The highest BCUT2D eigenvalue weighted by atomic mass is 35.5. The van der Waals surface area contributed by atoms with Crippen molar-refractivity contribution >= 4 is 22.5 Å². The Hall–Kier alpha value is -1.29. The molecule has 1 aromatic heterocycles. The molecule has 0 spiro atoms. The molecule has 0 aliphatic heterocycles. The SMILES string of the molecule is Fc1cc(F)c2nc(Cl)ccc2c1F. The molecular formula is C9H3ClF3N. The van der Waals surface area contributed by atoms with E-state index < -0.39 is 17.5 Å². The summed E-state index contributed by atoms with van der Waals surface area (Å²) >= 11 is 5.49. The lowest BCUT2D eigenvalue weighted by Gasteiger charge is -2.01. The molecule has 0 aliphatic rings. The van der Waals surface area contributed by atoms with Crippen LogP contribution in [0.1, 0.15) is 0 Å². The Morgan fingerprint density at radius 3 is 2.50 bits per heavy atom. The number of pyridine rings is 1. The van der Waals surface area contributed by atoms with Gasteiger partial charge in [-0.15, -0.1) is 0 Å². The number of nitrogens with zero attached hydrogens (tertiary/aromatic N) is 1. The van der Waals surface area contributed by atoms with Crippen molar-refractivity contribution in [1.82, 2.24) is 4.98 Å². The second-order valence-electron chi connectivity index (χ2n) is 2.68. The lowest BCUT2D eigenvalue weighted by Crippen LogP contribution is -1.92. The first-order chi connectivity index (χ1) is 6.59. The molecule has 1 heterocycles. The van der Waals surface area contributed by atoms with Crippen LogP contribution in [0, 0.1) is 17.5 Å². The zero-order chi connectivity index (χ0) is 10.3. The largest absolute Gasteiger partial charge is 0.233 e. The van der Waals surface area contributed by atoms with Crippen LogP contribution in [0.4, 0.5) is 13.2 Å². The summed E-state index contributed by atoms with van der Waals surface area (Å²) in [5, 5.41) is -0.186. The van der Waals surface area contributed by atoms with Crippen LogP contribution in [-0.4, -0.2) is 4.98 Å². The minimum absolute atomic E-state index is 0.0300. The van der Waals surface area contributed by atoms with Gasteiger partial charge in [0.25, 0.3) is 0 Å². The molecule has 0 bridgehead atoms. The highest BCUT2D eigenvalue weighted by Crippen LogP contribution is 2.23. The van der Waals surface area contributed by atoms with E-state index in [0.29, 0.717) is 6.07 Å². The van der Waals surface area contributed by atoms with Gasteiger partial charge in [0.05, 0.1) is 0 Å². The average molecular weight is 218 g/mol. The van der Waals surface area contributed by atoms with Gasteiger partial charge >= 0.3 is 0 Å². The quantitative estimate of drug-likeness (QED) is 0.487. The first-order valence-corrected chi connectivity index (χ1v) is 4.07. The van der Waals surface area contributed by atoms with E-state index in [-0.39, 0.29) is 16.1 Å². The van der Waals surface area contributed by atoms with E-state index >= 15 is 0 Å². The molecule has 72 valence electrons. The molecule has 0 amide bonds. The maximum atomic E-state index is 13.1. The third kappa shape index (κ3) is 1.32. The topological polar surface area (TPSA) is 12.9 Å². The van der Waals surface area contributed by atoms with Crippen LogP contribution in [0.3, 0.4) is 0 Å². The van der Waals surface area contributed by atoms with Crippen molar-refractivity contribution in [2.45, 2.75) is 0 Å². The molecular weight excluding hydrogens is 215 g/mol. The van der Waals surface area contributed by atoms with E-state index in [1.54, 1.807) is 0 Å². The number of halogens is 4. The van der Waals surface area contributed by atoms with Crippen LogP contribution in [0.2, 0.25) is 5.15 Å². The fourth-order valence-electron chi connectivity index (χ4n) is 1.17. The van der Waals surface area contributed by atoms with Crippen molar-refractivity contribution in [3.05, 3.63) is 40.8 Å². The van der Waals surface area contributed by atoms with Gasteiger partial charge in [-0.05, 0) is 12.1 Å². The lowest BCUT2D eigenvalue weighted by atomic mass is 10.2. The first kappa shape index (κ1) is 9.27. The van der Waals surface area contributed by atoms with Gasteiger partial charge in [0.15, 0.2) is 17.5 Å². The smallest absolute Gasteiger partial charge is 0.168 e. The number of hydrogen-bond donors (Lipinski definition) is 0. The van der Waals surface area contributed by atoms with Gasteiger partial charge in [0.1, 0.15) is 10.7 Å². The molecule has 0 fully saturated rings. The Morgan fingerprint density at radius 1 is 1.07 bits per heavy atom. The van der Waals surface area contributed by atoms with Gasteiger partial charge in [-0.2, -0.15) is 0 Å². The van der Waals surface area contributed by atoms with Crippen molar-refractivity contribution in [3.63, 3.8) is 0 Å². The first-order valence-electron chi connectivity index (χ1n) is 3.69. The van der Waals surface area contributed by atoms with Gasteiger partial charge in [-0.1, -0.05) is 11.6 Å². The summed E-state index contributed by atoms with van der Waals surface area (Å²) in [6.45, 7) is 0. The fraction of sp³-hybridized carbons (Fsp3) is 0. The summed E-state index contributed by atoms with van der Waals surface area (Å²) in [6, 6.07) is 2.90. The second kappa shape index (κ2) is 3.13. The van der Waals surface area contributed by atoms with Crippen molar-refractivity contribution < 1.29 is 13.2 Å². The predicted octanol–water partition coefficient (Wildman–Crippen LogP) is 3.31. The van der Waals surface area contributed by atoms with E-state index in [2.05, 4.69) is 4.98 Å². The Labute approximate surface area is 82.1 Å². The number of hydrogen-bond acceptors (Lipinski definition) is 1. The summed E-state index contributed by atoms with van der Waals surface area (Å²) in [6.07, 6.45) is 0. The van der Waals surface area contributed by atoms with Crippen LogP contribution in [0.5, 0.6) is 0 Å². The Morgan fingerprint density at radius 2 is 1.79 bits per heavy atom. The highest BCUT2D eigenvalue weighted by Gasteiger charge is 2.13. The molecule has 14 heavy (non-hydrogen) atoms. The van der Waals surface area contributed by atoms with Crippen molar-refractivity contribution in [1.29, 1.82) is 0 Å². The van der Waals surface area contributed by atoms with Gasteiger partial charge in [-0.25, -0.2) is 18.2 Å². The summed E-state index contributed by atoms with van der Waals surface area (Å²) in [7, 11) is 0. The lowest BCUT2D eigenvalue weighted by molar-refractivity contribution is 0.505. The third-order valence-electron chi connectivity index (χ3n) is 1.79. The molecule has 0 saturated carbocycles. The van der Waals surface area contributed by atoms with E-state index in [0.717, 1.165) is 0 Å². The molecule has 0 N–H and O–H groups in total. The minimum Gasteiger partial charge on any atom is -0.233 e. The van der Waals surface area contributed by atoms with Crippen molar-refractivity contribution in [2.75, 3.05) is 0 Å². The number of fused-ring (bicyclic) bond motifs is 1.